The molecule has 0 saturated carbocycles. The molecule has 0 spiro atoms. The minimum atomic E-state index is -4.37. The first-order valence-corrected chi connectivity index (χ1v) is 38.8. The summed E-state index contributed by atoms with van der Waals surface area (Å²) in [5.41, 5.74) is 0. The highest BCUT2D eigenvalue weighted by Crippen LogP contribution is 2.43. The van der Waals surface area contributed by atoms with E-state index in [0.717, 1.165) is 83.5 Å². The number of allylic oxidation sites excluding steroid dienone is 17. The number of phosphoric acid groups is 1. The third-order valence-electron chi connectivity index (χ3n) is 16.5. The van der Waals surface area contributed by atoms with Gasteiger partial charge in [-0.05, 0) is 89.9 Å². The van der Waals surface area contributed by atoms with Crippen molar-refractivity contribution >= 4 is 13.7 Å². The summed E-state index contributed by atoms with van der Waals surface area (Å²) in [7, 11) is 1.56. The van der Waals surface area contributed by atoms with Gasteiger partial charge in [0.2, 0.25) is 5.91 Å². The molecule has 8 nitrogen and oxygen atoms in total. The van der Waals surface area contributed by atoms with Crippen molar-refractivity contribution in [3.63, 3.8) is 0 Å². The monoisotopic (exact) mass is 1250 g/mol. The zero-order valence-corrected chi connectivity index (χ0v) is 59.3. The number of nitrogens with zero attached hydrogens (tertiary/aromatic N) is 1. The third-order valence-corrected chi connectivity index (χ3v) is 17.5. The number of aliphatic hydroxyl groups excluding tert-OH is 1. The SMILES string of the molecule is CC/C=C\C/C=C\C/C=C\C/C=C\C/C=C\C/C=C\C/C=C\CCCCCCCCCCCCCCCCCC(=O)NC(COP(=O)(O)OCC[N+](C)(C)C)C(O)/C=C/CC/C=C/CCCCCCCCCCCCCCCCCCCCCCCCC. The molecule has 3 atom stereocenters. The van der Waals surface area contributed by atoms with E-state index in [4.69, 9.17) is 9.05 Å². The summed E-state index contributed by atoms with van der Waals surface area (Å²) in [6.45, 7) is 4.71. The maximum absolute atomic E-state index is 13.1. The molecule has 1 amide bonds. The maximum Gasteiger partial charge on any atom is 0.472 e. The number of hydrogen-bond donors (Lipinski definition) is 3. The summed E-state index contributed by atoms with van der Waals surface area (Å²) in [5, 5.41) is 14.0. The molecule has 0 aromatic rings. The van der Waals surface area contributed by atoms with E-state index < -0.39 is 20.0 Å². The fourth-order valence-electron chi connectivity index (χ4n) is 10.7. The van der Waals surface area contributed by atoms with Crippen LogP contribution < -0.4 is 5.32 Å². The molecule has 0 rings (SSSR count). The van der Waals surface area contributed by atoms with Crippen LogP contribution in [0.5, 0.6) is 0 Å². The molecule has 0 aromatic carbocycles. The van der Waals surface area contributed by atoms with E-state index in [9.17, 15) is 19.4 Å². The topological polar surface area (TPSA) is 105 Å². The average Bonchev–Trinajstić information content (AvgIpc) is 3.70. The molecule has 0 aromatic heterocycles. The highest BCUT2D eigenvalue weighted by atomic mass is 31.2. The van der Waals surface area contributed by atoms with Gasteiger partial charge in [-0.3, -0.25) is 13.8 Å². The Kier molecular flexibility index (Phi) is 66.3. The molecule has 88 heavy (non-hydrogen) atoms. The van der Waals surface area contributed by atoms with Gasteiger partial charge in [0.15, 0.2) is 0 Å². The molecule has 0 bridgehead atoms. The van der Waals surface area contributed by atoms with Gasteiger partial charge in [0.05, 0.1) is 39.9 Å². The van der Waals surface area contributed by atoms with Crippen molar-refractivity contribution in [3.8, 4) is 0 Å². The molecule has 0 aliphatic carbocycles. The number of amides is 1. The number of quaternary nitrogens is 1. The molecule has 0 aliphatic rings. The van der Waals surface area contributed by atoms with Gasteiger partial charge in [-0.15, -0.1) is 0 Å². The van der Waals surface area contributed by atoms with Gasteiger partial charge in [0.25, 0.3) is 0 Å². The largest absolute Gasteiger partial charge is 0.472 e. The quantitative estimate of drug-likeness (QED) is 0.0243. The Balaban J connectivity index is 4.08. The smallest absolute Gasteiger partial charge is 0.387 e. The van der Waals surface area contributed by atoms with Crippen molar-refractivity contribution in [1.82, 2.24) is 5.32 Å². The first-order valence-electron chi connectivity index (χ1n) is 37.3. The zero-order valence-electron chi connectivity index (χ0n) is 58.4. The average molecular weight is 1250 g/mol. The second kappa shape index (κ2) is 68.5. The summed E-state index contributed by atoms with van der Waals surface area (Å²) >= 11 is 0. The standard InChI is InChI=1S/C79H143N2O6P/c1-6-8-10-12-14-16-18-20-22-24-26-28-30-32-34-36-37-38-39-40-41-42-43-45-47-49-51-53-55-57-59-61-63-65-67-69-71-73-79(83)80-77(76-87-88(84,85)86-75-74-81(3,4)5)78(82)72-70-68-66-64-62-60-58-56-54-52-50-48-46-44-35-33-31-29-27-25-23-21-19-17-15-13-11-9-7-2/h8,10,14,16,20,22,26,28,32,34,37-38,40-41,62,64,70,72,77-78,82H,6-7,9,11-13,15,17-19,21,23-25,27,29-31,33,35-36,39,42-61,63,65-69,71,73-76H2,1-5H3,(H-,80,83,84,85)/p+1/b10-8-,16-14-,22-20-,28-26-,34-32-,38-37-,41-40-,64-62+,72-70+. The molecule has 0 aliphatic heterocycles. The number of rotatable bonds is 68. The number of aliphatic hydroxyl groups is 1. The number of likely N-dealkylation sites (N-methyl/N-ethyl adjacent to an activating group) is 1. The summed E-state index contributed by atoms with van der Waals surface area (Å²) in [6.07, 6.45) is 101. The Morgan fingerprint density at radius 1 is 0.398 bits per heavy atom. The molecule has 3 N–H and O–H groups in total. The van der Waals surface area contributed by atoms with Gasteiger partial charge in [-0.25, -0.2) is 4.57 Å². The van der Waals surface area contributed by atoms with E-state index in [1.165, 1.54) is 231 Å². The van der Waals surface area contributed by atoms with Crippen molar-refractivity contribution in [1.29, 1.82) is 0 Å². The summed E-state index contributed by atoms with van der Waals surface area (Å²) in [4.78, 5) is 23.5. The number of carbonyl (C=O) groups excluding carboxylic acids is 1. The second-order valence-electron chi connectivity index (χ2n) is 26.3. The molecule has 3 unspecified atom stereocenters. The highest BCUT2D eigenvalue weighted by Gasteiger charge is 2.28. The van der Waals surface area contributed by atoms with Crippen LogP contribution in [0.25, 0.3) is 0 Å². The van der Waals surface area contributed by atoms with E-state index in [1.807, 2.05) is 27.2 Å². The minimum Gasteiger partial charge on any atom is -0.387 e. The predicted molar refractivity (Wildman–Crippen MR) is 387 cm³/mol. The van der Waals surface area contributed by atoms with Crippen LogP contribution in [0.2, 0.25) is 0 Å². The number of unbranched alkanes of at least 4 members (excludes halogenated alkanes) is 39. The second-order valence-corrected chi connectivity index (χ2v) is 27.7. The van der Waals surface area contributed by atoms with Gasteiger partial charge in [0, 0.05) is 6.42 Å². The molecular weight excluding hydrogens is 1100 g/mol. The van der Waals surface area contributed by atoms with E-state index >= 15 is 0 Å². The van der Waals surface area contributed by atoms with Crippen molar-refractivity contribution in [2.24, 2.45) is 0 Å². The molecule has 9 heteroatoms. The summed E-state index contributed by atoms with van der Waals surface area (Å²) < 4.78 is 23.8. The lowest BCUT2D eigenvalue weighted by Crippen LogP contribution is -2.45. The Labute approximate surface area is 546 Å². The van der Waals surface area contributed by atoms with E-state index in [1.54, 1.807) is 6.08 Å². The minimum absolute atomic E-state index is 0.0531. The fourth-order valence-corrected chi connectivity index (χ4v) is 11.5. The first-order chi connectivity index (χ1) is 43.0. The molecule has 0 heterocycles. The molecule has 0 fully saturated rings. The third kappa shape index (κ3) is 70.6. The van der Waals surface area contributed by atoms with E-state index in [0.29, 0.717) is 17.4 Å². The van der Waals surface area contributed by atoms with Crippen molar-refractivity contribution < 1.29 is 32.9 Å². The van der Waals surface area contributed by atoms with E-state index in [-0.39, 0.29) is 19.1 Å². The highest BCUT2D eigenvalue weighted by molar-refractivity contribution is 7.47. The molecule has 510 valence electrons. The van der Waals surface area contributed by atoms with Crippen molar-refractivity contribution in [2.75, 3.05) is 40.9 Å². The Hall–Kier alpha value is -2.84. The molecule has 0 saturated heterocycles. The van der Waals surface area contributed by atoms with Crippen LogP contribution in [0.4, 0.5) is 0 Å². The van der Waals surface area contributed by atoms with Crippen LogP contribution in [-0.4, -0.2) is 73.4 Å². The summed E-state index contributed by atoms with van der Waals surface area (Å²) in [5.74, 6) is -0.186. The van der Waals surface area contributed by atoms with Gasteiger partial charge < -0.3 is 19.8 Å². The fraction of sp³-hybridized carbons (Fsp3) is 0.759. The lowest BCUT2D eigenvalue weighted by Gasteiger charge is -2.25. The van der Waals surface area contributed by atoms with E-state index in [2.05, 4.69) is 116 Å². The van der Waals surface area contributed by atoms with Crippen LogP contribution >= 0.6 is 7.82 Å². The number of phosphoric ester groups is 1. The summed E-state index contributed by atoms with van der Waals surface area (Å²) in [6, 6.07) is -0.871. The number of carbonyl (C=O) groups is 1. The Morgan fingerprint density at radius 2 is 0.693 bits per heavy atom. The number of nitrogens with one attached hydrogen (secondary N) is 1. The van der Waals surface area contributed by atoms with Crippen molar-refractivity contribution in [3.05, 3.63) is 109 Å². The Bertz CT molecular complexity index is 1810. The molecule has 0 radical (unpaired) electrons. The van der Waals surface area contributed by atoms with Gasteiger partial charge in [-0.1, -0.05) is 348 Å². The zero-order chi connectivity index (χ0) is 64.1. The predicted octanol–water partition coefficient (Wildman–Crippen LogP) is 24.2. The van der Waals surface area contributed by atoms with Gasteiger partial charge in [-0.2, -0.15) is 0 Å². The van der Waals surface area contributed by atoms with Crippen LogP contribution in [0.1, 0.15) is 335 Å². The van der Waals surface area contributed by atoms with Crippen LogP contribution in [-0.2, 0) is 18.4 Å². The molecular formula is C79H144N2O6P+. The van der Waals surface area contributed by atoms with Gasteiger partial charge in [0.1, 0.15) is 13.2 Å². The maximum atomic E-state index is 13.1. The lowest BCUT2D eigenvalue weighted by atomic mass is 10.0. The van der Waals surface area contributed by atoms with Crippen LogP contribution in [0.15, 0.2) is 109 Å². The first kappa shape index (κ1) is 85.2. The van der Waals surface area contributed by atoms with Gasteiger partial charge >= 0.3 is 7.82 Å². The Morgan fingerprint density at radius 3 is 1.05 bits per heavy atom. The van der Waals surface area contributed by atoms with Crippen LogP contribution in [0.3, 0.4) is 0 Å². The van der Waals surface area contributed by atoms with Crippen molar-refractivity contribution in [2.45, 2.75) is 347 Å². The number of hydrogen-bond acceptors (Lipinski definition) is 5. The normalized spacial score (nSPS) is 14.2. The lowest BCUT2D eigenvalue weighted by molar-refractivity contribution is -0.870. The van der Waals surface area contributed by atoms with Crippen LogP contribution in [0, 0.1) is 0 Å².